The number of allylic oxidation sites excluding steroid dienone is 1. The zero-order valence-electron chi connectivity index (χ0n) is 21.2. The predicted octanol–water partition coefficient (Wildman–Crippen LogP) is 5.40. The first kappa shape index (κ1) is 25.8. The van der Waals surface area contributed by atoms with Crippen molar-refractivity contribution < 1.29 is 9.53 Å². The van der Waals surface area contributed by atoms with Crippen LogP contribution >= 0.6 is 0 Å². The molecule has 0 saturated carbocycles. The first-order valence-electron chi connectivity index (χ1n) is 12.5. The molecular weight excluding hydrogens is 422 g/mol. The van der Waals surface area contributed by atoms with Crippen molar-refractivity contribution in [2.75, 3.05) is 24.5 Å². The van der Waals surface area contributed by atoms with Crippen molar-refractivity contribution in [1.29, 1.82) is 0 Å². The highest BCUT2D eigenvalue weighted by Gasteiger charge is 2.29. The Labute approximate surface area is 205 Å². The molecule has 0 spiro atoms. The molecule has 34 heavy (non-hydrogen) atoms. The second kappa shape index (κ2) is 12.6. The highest BCUT2D eigenvalue weighted by Crippen LogP contribution is 2.27. The third kappa shape index (κ3) is 7.63. The Morgan fingerprint density at radius 2 is 1.74 bits per heavy atom. The summed E-state index contributed by atoms with van der Waals surface area (Å²) in [4.78, 5) is 17.2. The Morgan fingerprint density at radius 1 is 1.09 bits per heavy atom. The van der Waals surface area contributed by atoms with E-state index in [9.17, 15) is 4.79 Å². The molecule has 1 aliphatic rings. The van der Waals surface area contributed by atoms with E-state index in [4.69, 9.17) is 10.5 Å². The normalized spacial score (nSPS) is 15.2. The lowest BCUT2D eigenvalue weighted by atomic mass is 9.99. The van der Waals surface area contributed by atoms with Crippen LogP contribution in [0.5, 0.6) is 5.75 Å². The maximum absolute atomic E-state index is 12.8. The van der Waals surface area contributed by atoms with Gasteiger partial charge < -0.3 is 20.3 Å². The molecule has 1 atom stereocenters. The molecule has 5 heteroatoms. The highest BCUT2D eigenvalue weighted by atomic mass is 16.5. The highest BCUT2D eigenvalue weighted by molar-refractivity contribution is 5.81. The lowest BCUT2D eigenvalue weighted by Crippen LogP contribution is -2.51. The Morgan fingerprint density at radius 3 is 2.32 bits per heavy atom. The summed E-state index contributed by atoms with van der Waals surface area (Å²) in [7, 11) is 0. The smallest absolute Gasteiger partial charge is 0.239 e. The maximum atomic E-state index is 12.8. The number of benzene rings is 2. The number of anilines is 1. The molecule has 0 aliphatic carbocycles. The zero-order valence-corrected chi connectivity index (χ0v) is 21.2. The van der Waals surface area contributed by atoms with Crippen molar-refractivity contribution in [2.24, 2.45) is 11.7 Å². The summed E-state index contributed by atoms with van der Waals surface area (Å²) in [6, 6.07) is 18.6. The molecule has 2 N–H and O–H groups in total. The molecule has 184 valence electrons. The fourth-order valence-electron chi connectivity index (χ4n) is 4.46. The van der Waals surface area contributed by atoms with Crippen LogP contribution in [-0.4, -0.2) is 42.5 Å². The number of hydrogen-bond donors (Lipinski definition) is 1. The van der Waals surface area contributed by atoms with Crippen molar-refractivity contribution >= 4 is 11.6 Å². The van der Waals surface area contributed by atoms with Gasteiger partial charge in [-0.1, -0.05) is 55.8 Å². The van der Waals surface area contributed by atoms with Crippen LogP contribution in [0.4, 0.5) is 5.69 Å². The predicted molar refractivity (Wildman–Crippen MR) is 141 cm³/mol. The van der Waals surface area contributed by atoms with Gasteiger partial charge in [-0.3, -0.25) is 4.79 Å². The number of nitrogens with two attached hydrogens (primary N) is 1. The molecule has 0 aromatic heterocycles. The summed E-state index contributed by atoms with van der Waals surface area (Å²) in [5.74, 6) is 1.40. The molecule has 0 radical (unpaired) electrons. The summed E-state index contributed by atoms with van der Waals surface area (Å²) in [6.07, 6.45) is 4.91. The van der Waals surface area contributed by atoms with E-state index in [2.05, 4.69) is 75.1 Å². The first-order chi connectivity index (χ1) is 16.3. The van der Waals surface area contributed by atoms with E-state index < -0.39 is 0 Å². The quantitative estimate of drug-likeness (QED) is 0.479. The van der Waals surface area contributed by atoms with E-state index in [0.717, 1.165) is 50.2 Å². The molecule has 2 aromatic carbocycles. The number of ether oxygens (including phenoxy) is 1. The van der Waals surface area contributed by atoms with Gasteiger partial charge in [0, 0.05) is 31.4 Å². The van der Waals surface area contributed by atoms with Crippen LogP contribution in [0.25, 0.3) is 0 Å². The molecule has 2 aromatic rings. The molecule has 5 nitrogen and oxygen atoms in total. The van der Waals surface area contributed by atoms with Gasteiger partial charge in [-0.2, -0.15) is 0 Å². The molecule has 3 rings (SSSR count). The van der Waals surface area contributed by atoms with E-state index >= 15 is 0 Å². The summed E-state index contributed by atoms with van der Waals surface area (Å²) in [5, 5.41) is 0. The molecule has 1 amide bonds. The van der Waals surface area contributed by atoms with Crippen LogP contribution in [0, 0.1) is 5.92 Å². The minimum Gasteiger partial charge on any atom is -0.489 e. The molecule has 1 aliphatic heterocycles. The van der Waals surface area contributed by atoms with Crippen molar-refractivity contribution in [3.05, 3.63) is 71.8 Å². The average Bonchev–Trinajstić information content (AvgIpc) is 2.83. The Hall–Kier alpha value is -2.79. The van der Waals surface area contributed by atoms with Gasteiger partial charge in [-0.25, -0.2) is 0 Å². The number of hydrogen-bond acceptors (Lipinski definition) is 4. The number of amides is 1. The molecule has 0 bridgehead atoms. The largest absolute Gasteiger partial charge is 0.489 e. The van der Waals surface area contributed by atoms with Crippen LogP contribution in [0.3, 0.4) is 0 Å². The van der Waals surface area contributed by atoms with Gasteiger partial charge in [-0.15, -0.1) is 0 Å². The van der Waals surface area contributed by atoms with E-state index in [1.54, 1.807) is 0 Å². The van der Waals surface area contributed by atoms with Gasteiger partial charge in [0.1, 0.15) is 12.4 Å². The summed E-state index contributed by atoms with van der Waals surface area (Å²) < 4.78 is 5.97. The maximum Gasteiger partial charge on any atom is 0.239 e. The SMILES string of the molecule is CC(C)=CCN(c1ccc(OCc2ccccc2)cc1)C1CCN(C(=O)C(N)CC(C)C)CC1. The van der Waals surface area contributed by atoms with E-state index in [0.29, 0.717) is 18.6 Å². The zero-order chi connectivity index (χ0) is 24.5. The minimum atomic E-state index is -0.387. The molecule has 1 fully saturated rings. The van der Waals surface area contributed by atoms with Crippen LogP contribution in [-0.2, 0) is 11.4 Å². The van der Waals surface area contributed by atoms with Crippen LogP contribution in [0.2, 0.25) is 0 Å². The van der Waals surface area contributed by atoms with Gasteiger partial charge >= 0.3 is 0 Å². The fraction of sp³-hybridized carbons (Fsp3) is 0.483. The number of likely N-dealkylation sites (tertiary alicyclic amines) is 1. The van der Waals surface area contributed by atoms with E-state index in [1.165, 1.54) is 11.3 Å². The molecular formula is C29H41N3O2. The summed E-state index contributed by atoms with van der Waals surface area (Å²) >= 11 is 0. The number of piperidine rings is 1. The Bertz CT molecular complexity index is 912. The van der Waals surface area contributed by atoms with Gasteiger partial charge in [0.05, 0.1) is 6.04 Å². The fourth-order valence-corrected chi connectivity index (χ4v) is 4.46. The van der Waals surface area contributed by atoms with Crippen molar-refractivity contribution in [3.63, 3.8) is 0 Å². The van der Waals surface area contributed by atoms with E-state index in [-0.39, 0.29) is 11.9 Å². The van der Waals surface area contributed by atoms with E-state index in [1.807, 2.05) is 23.1 Å². The van der Waals surface area contributed by atoms with Gasteiger partial charge in [0.2, 0.25) is 5.91 Å². The Kier molecular flexibility index (Phi) is 9.58. The van der Waals surface area contributed by atoms with Gasteiger partial charge in [-0.05, 0) is 68.9 Å². The van der Waals surface area contributed by atoms with Crippen molar-refractivity contribution in [1.82, 2.24) is 4.90 Å². The number of carbonyl (C=O) groups excluding carboxylic acids is 1. The van der Waals surface area contributed by atoms with Crippen LogP contribution < -0.4 is 15.4 Å². The lowest BCUT2D eigenvalue weighted by Gasteiger charge is -2.40. The number of rotatable bonds is 10. The van der Waals surface area contributed by atoms with Crippen molar-refractivity contribution in [3.8, 4) is 5.75 Å². The minimum absolute atomic E-state index is 0.0999. The van der Waals surface area contributed by atoms with Gasteiger partial charge in [0.25, 0.3) is 0 Å². The third-order valence-electron chi connectivity index (χ3n) is 6.37. The van der Waals surface area contributed by atoms with Crippen molar-refractivity contribution in [2.45, 2.75) is 65.6 Å². The molecule has 1 unspecified atom stereocenters. The topological polar surface area (TPSA) is 58.8 Å². The number of carbonyl (C=O) groups is 1. The van der Waals surface area contributed by atoms with Crippen LogP contribution in [0.15, 0.2) is 66.2 Å². The third-order valence-corrected chi connectivity index (χ3v) is 6.37. The van der Waals surface area contributed by atoms with Crippen LogP contribution in [0.1, 0.15) is 52.5 Å². The average molecular weight is 464 g/mol. The molecule has 1 saturated heterocycles. The monoisotopic (exact) mass is 463 g/mol. The molecule has 1 heterocycles. The second-order valence-electron chi connectivity index (χ2n) is 9.99. The first-order valence-corrected chi connectivity index (χ1v) is 12.5. The van der Waals surface area contributed by atoms with Gasteiger partial charge in [0.15, 0.2) is 0 Å². The number of nitrogens with zero attached hydrogens (tertiary/aromatic N) is 2. The standard InChI is InChI=1S/C29H41N3O2/c1-22(2)14-19-32(26-15-17-31(18-16-26)29(33)28(30)20-23(3)4)25-10-12-27(13-11-25)34-21-24-8-6-5-7-9-24/h5-14,23,26,28H,15-21,30H2,1-4H3. The summed E-state index contributed by atoms with van der Waals surface area (Å²) in [6.45, 7) is 11.4. The lowest BCUT2D eigenvalue weighted by molar-refractivity contribution is -0.134. The Balaban J connectivity index is 1.63. The summed E-state index contributed by atoms with van der Waals surface area (Å²) in [5.41, 5.74) is 9.82. The second-order valence-corrected chi connectivity index (χ2v) is 9.99.